The Labute approximate surface area is 177 Å². The van der Waals surface area contributed by atoms with Gasteiger partial charge in [-0.25, -0.2) is 4.98 Å². The summed E-state index contributed by atoms with van der Waals surface area (Å²) in [6, 6.07) is 14.1. The van der Waals surface area contributed by atoms with Crippen LogP contribution in [0, 0.1) is 0 Å². The largest absolute Gasteiger partial charge is 0.349 e. The first-order valence-corrected chi connectivity index (χ1v) is 9.05. The molecule has 28 heavy (non-hydrogen) atoms. The van der Waals surface area contributed by atoms with Crippen LogP contribution in [0.5, 0.6) is 0 Å². The monoisotopic (exact) mass is 418 g/mol. The van der Waals surface area contributed by atoms with Gasteiger partial charge in [-0.2, -0.15) is 0 Å². The van der Waals surface area contributed by atoms with Gasteiger partial charge in [0.15, 0.2) is 0 Å². The van der Waals surface area contributed by atoms with Gasteiger partial charge in [0.2, 0.25) is 0 Å². The zero-order valence-electron chi connectivity index (χ0n) is 15.6. The van der Waals surface area contributed by atoms with Crippen LogP contribution in [0.1, 0.15) is 30.1 Å². The fourth-order valence-electron chi connectivity index (χ4n) is 3.55. The lowest BCUT2D eigenvalue weighted by Gasteiger charge is -2.28. The standard InChI is InChI=1S/C21H22N4O.2ClH/c1-14-11-16(8-10-23-14)24-21(26)18-12-20(15-5-4-9-22-13-15)25-19-7-3-2-6-17(18)19;;/h2-7,9,12-14,16,23H,8,10-11H2,1H3,(H,24,26);2*1H. The van der Waals surface area contributed by atoms with E-state index in [4.69, 9.17) is 4.98 Å². The van der Waals surface area contributed by atoms with Crippen molar-refractivity contribution < 1.29 is 4.79 Å². The van der Waals surface area contributed by atoms with Crippen molar-refractivity contribution in [2.75, 3.05) is 6.54 Å². The molecule has 0 radical (unpaired) electrons. The highest BCUT2D eigenvalue weighted by molar-refractivity contribution is 6.07. The number of pyridine rings is 2. The molecule has 4 rings (SSSR count). The van der Waals surface area contributed by atoms with Crippen LogP contribution in [0.25, 0.3) is 22.2 Å². The number of aromatic nitrogens is 2. The minimum Gasteiger partial charge on any atom is -0.349 e. The molecule has 0 aliphatic carbocycles. The summed E-state index contributed by atoms with van der Waals surface area (Å²) in [4.78, 5) is 21.9. The number of halogens is 2. The van der Waals surface area contributed by atoms with Gasteiger partial charge in [-0.05, 0) is 50.6 Å². The molecule has 1 amide bonds. The SMILES string of the molecule is CC1CC(NC(=O)c2cc(-c3cccnc3)nc3ccccc23)CCN1.Cl.Cl. The van der Waals surface area contributed by atoms with E-state index in [0.29, 0.717) is 11.6 Å². The van der Waals surface area contributed by atoms with Gasteiger partial charge < -0.3 is 10.6 Å². The van der Waals surface area contributed by atoms with Gasteiger partial charge in [-0.1, -0.05) is 18.2 Å². The highest BCUT2D eigenvalue weighted by Crippen LogP contribution is 2.24. The van der Waals surface area contributed by atoms with Crippen LogP contribution in [0.15, 0.2) is 54.9 Å². The average molecular weight is 419 g/mol. The van der Waals surface area contributed by atoms with Gasteiger partial charge in [-0.3, -0.25) is 9.78 Å². The Kier molecular flexibility index (Phi) is 7.75. The first kappa shape index (κ1) is 22.1. The second-order valence-corrected chi connectivity index (χ2v) is 6.86. The Hall–Kier alpha value is -2.21. The van der Waals surface area contributed by atoms with E-state index in [-0.39, 0.29) is 36.8 Å². The maximum Gasteiger partial charge on any atom is 0.252 e. The number of hydrogen-bond donors (Lipinski definition) is 2. The Morgan fingerprint density at radius 2 is 2.00 bits per heavy atom. The molecule has 0 spiro atoms. The van der Waals surface area contributed by atoms with Crippen molar-refractivity contribution >= 4 is 41.6 Å². The molecule has 0 bridgehead atoms. The molecule has 7 heteroatoms. The zero-order chi connectivity index (χ0) is 17.9. The number of piperidine rings is 1. The molecule has 3 aromatic rings. The van der Waals surface area contributed by atoms with E-state index in [1.807, 2.05) is 42.5 Å². The van der Waals surface area contributed by atoms with Gasteiger partial charge in [0.1, 0.15) is 0 Å². The van der Waals surface area contributed by atoms with E-state index < -0.39 is 0 Å². The van der Waals surface area contributed by atoms with Gasteiger partial charge in [0, 0.05) is 35.4 Å². The number of hydrogen-bond acceptors (Lipinski definition) is 4. The summed E-state index contributed by atoms with van der Waals surface area (Å²) >= 11 is 0. The number of nitrogens with zero attached hydrogens (tertiary/aromatic N) is 2. The van der Waals surface area contributed by atoms with Crippen LogP contribution in [-0.2, 0) is 0 Å². The van der Waals surface area contributed by atoms with Gasteiger partial charge in [0.05, 0.1) is 16.8 Å². The van der Waals surface area contributed by atoms with Crippen molar-refractivity contribution in [2.24, 2.45) is 0 Å². The molecule has 5 nitrogen and oxygen atoms in total. The number of fused-ring (bicyclic) bond motifs is 1. The molecule has 3 heterocycles. The molecule has 1 aromatic carbocycles. The van der Waals surface area contributed by atoms with Gasteiger partial charge in [-0.15, -0.1) is 24.8 Å². The molecule has 1 saturated heterocycles. The number of rotatable bonds is 3. The number of carbonyl (C=O) groups is 1. The van der Waals surface area contributed by atoms with Crippen LogP contribution in [-0.4, -0.2) is 34.5 Å². The summed E-state index contributed by atoms with van der Waals surface area (Å²) in [5.74, 6) is -0.0344. The third-order valence-electron chi connectivity index (χ3n) is 4.88. The fourth-order valence-corrected chi connectivity index (χ4v) is 3.55. The molecule has 2 N–H and O–H groups in total. The van der Waals surface area contributed by atoms with Crippen LogP contribution in [0.4, 0.5) is 0 Å². The predicted molar refractivity (Wildman–Crippen MR) is 117 cm³/mol. The molecular weight excluding hydrogens is 395 g/mol. The average Bonchev–Trinajstić information content (AvgIpc) is 2.68. The summed E-state index contributed by atoms with van der Waals surface area (Å²) in [6.45, 7) is 3.09. The maximum atomic E-state index is 13.0. The summed E-state index contributed by atoms with van der Waals surface area (Å²) in [5, 5.41) is 7.51. The topological polar surface area (TPSA) is 66.9 Å². The highest BCUT2D eigenvalue weighted by atomic mass is 35.5. The lowest BCUT2D eigenvalue weighted by molar-refractivity contribution is 0.0927. The van der Waals surface area contributed by atoms with Gasteiger partial charge >= 0.3 is 0 Å². The summed E-state index contributed by atoms with van der Waals surface area (Å²) in [6.07, 6.45) is 5.41. The smallest absolute Gasteiger partial charge is 0.252 e. The van der Waals surface area contributed by atoms with Crippen molar-refractivity contribution in [3.63, 3.8) is 0 Å². The van der Waals surface area contributed by atoms with E-state index in [1.54, 1.807) is 12.4 Å². The van der Waals surface area contributed by atoms with Crippen LogP contribution < -0.4 is 10.6 Å². The number of nitrogens with one attached hydrogen (secondary N) is 2. The summed E-state index contributed by atoms with van der Waals surface area (Å²) in [7, 11) is 0. The lowest BCUT2D eigenvalue weighted by atomic mass is 9.99. The first-order chi connectivity index (χ1) is 12.7. The molecule has 1 aliphatic heterocycles. The summed E-state index contributed by atoms with van der Waals surface area (Å²) < 4.78 is 0. The van der Waals surface area contributed by atoms with Crippen LogP contribution >= 0.6 is 24.8 Å². The second kappa shape index (κ2) is 9.82. The van der Waals surface area contributed by atoms with Crippen molar-refractivity contribution in [3.05, 3.63) is 60.4 Å². The highest BCUT2D eigenvalue weighted by Gasteiger charge is 2.22. The maximum absolute atomic E-state index is 13.0. The molecule has 0 saturated carbocycles. The molecule has 148 valence electrons. The first-order valence-electron chi connectivity index (χ1n) is 9.05. The van der Waals surface area contributed by atoms with Crippen molar-refractivity contribution in [2.45, 2.75) is 31.8 Å². The molecular formula is C21H24Cl2N4O. The van der Waals surface area contributed by atoms with E-state index in [0.717, 1.165) is 41.5 Å². The van der Waals surface area contributed by atoms with E-state index in [9.17, 15) is 4.79 Å². The number of benzene rings is 1. The molecule has 1 aliphatic rings. The van der Waals surface area contributed by atoms with Crippen molar-refractivity contribution in [1.82, 2.24) is 20.6 Å². The Morgan fingerprint density at radius 3 is 2.75 bits per heavy atom. The normalized spacial score (nSPS) is 18.6. The minimum absolute atomic E-state index is 0. The minimum atomic E-state index is -0.0344. The van der Waals surface area contributed by atoms with Crippen LogP contribution in [0.2, 0.25) is 0 Å². The molecule has 2 aromatic heterocycles. The quantitative estimate of drug-likeness (QED) is 0.673. The Balaban J connectivity index is 0.00000140. The van der Waals surface area contributed by atoms with Crippen molar-refractivity contribution in [3.8, 4) is 11.3 Å². The second-order valence-electron chi connectivity index (χ2n) is 6.86. The van der Waals surface area contributed by atoms with E-state index in [1.165, 1.54) is 0 Å². The Morgan fingerprint density at radius 1 is 1.18 bits per heavy atom. The third kappa shape index (κ3) is 4.79. The molecule has 1 fully saturated rings. The van der Waals surface area contributed by atoms with Crippen molar-refractivity contribution in [1.29, 1.82) is 0 Å². The van der Waals surface area contributed by atoms with E-state index >= 15 is 0 Å². The predicted octanol–water partition coefficient (Wildman–Crippen LogP) is 4.01. The fraction of sp³-hybridized carbons (Fsp3) is 0.286. The summed E-state index contributed by atoms with van der Waals surface area (Å²) in [5.41, 5.74) is 3.15. The number of amides is 1. The Bertz CT molecular complexity index is 936. The number of para-hydroxylation sites is 1. The van der Waals surface area contributed by atoms with E-state index in [2.05, 4.69) is 22.5 Å². The lowest BCUT2D eigenvalue weighted by Crippen LogP contribution is -2.46. The molecule has 2 atom stereocenters. The van der Waals surface area contributed by atoms with Gasteiger partial charge in [0.25, 0.3) is 5.91 Å². The van der Waals surface area contributed by atoms with Crippen LogP contribution in [0.3, 0.4) is 0 Å². The molecule has 2 unspecified atom stereocenters. The number of carbonyl (C=O) groups excluding carboxylic acids is 1. The third-order valence-corrected chi connectivity index (χ3v) is 4.88. The zero-order valence-corrected chi connectivity index (χ0v) is 17.2.